The molecule has 0 saturated heterocycles. The van der Waals surface area contributed by atoms with Crippen LogP contribution in [0, 0.1) is 5.82 Å². The van der Waals surface area contributed by atoms with Crippen molar-refractivity contribution in [3.63, 3.8) is 0 Å². The normalized spacial score (nSPS) is 10.2. The number of para-hydroxylation sites is 1. The average Bonchev–Trinajstić information content (AvgIpc) is 2.49. The van der Waals surface area contributed by atoms with E-state index in [1.54, 1.807) is 17.0 Å². The number of carbonyl (C=O) groups is 1. The van der Waals surface area contributed by atoms with Gasteiger partial charge in [-0.2, -0.15) is 0 Å². The van der Waals surface area contributed by atoms with Crippen LogP contribution in [-0.2, 0) is 4.79 Å². The topological polar surface area (TPSA) is 32.3 Å². The van der Waals surface area contributed by atoms with E-state index in [0.29, 0.717) is 25.2 Å². The minimum atomic E-state index is -0.286. The molecular formula is C17H19FN2O. The molecule has 1 N–H and O–H groups in total. The Morgan fingerprint density at radius 3 is 2.57 bits per heavy atom. The molecule has 0 spiro atoms. The van der Waals surface area contributed by atoms with Crippen LogP contribution in [0.2, 0.25) is 0 Å². The van der Waals surface area contributed by atoms with Crippen molar-refractivity contribution in [3.05, 3.63) is 60.4 Å². The molecule has 0 unspecified atom stereocenters. The molecule has 21 heavy (non-hydrogen) atoms. The third kappa shape index (κ3) is 4.31. The van der Waals surface area contributed by atoms with Gasteiger partial charge in [-0.15, -0.1) is 0 Å². The SMILES string of the molecule is CCN(C(=O)CCNc1cccc(F)c1)c1ccccc1. The molecule has 0 aromatic heterocycles. The number of hydrogen-bond donors (Lipinski definition) is 1. The molecule has 1 amide bonds. The lowest BCUT2D eigenvalue weighted by Crippen LogP contribution is -2.31. The van der Waals surface area contributed by atoms with Crippen LogP contribution < -0.4 is 10.2 Å². The van der Waals surface area contributed by atoms with Crippen molar-refractivity contribution in [1.29, 1.82) is 0 Å². The summed E-state index contributed by atoms with van der Waals surface area (Å²) in [5.41, 5.74) is 1.58. The van der Waals surface area contributed by atoms with E-state index in [1.807, 2.05) is 37.3 Å². The summed E-state index contributed by atoms with van der Waals surface area (Å²) in [6, 6.07) is 15.8. The van der Waals surface area contributed by atoms with E-state index < -0.39 is 0 Å². The van der Waals surface area contributed by atoms with Crippen LogP contribution in [-0.4, -0.2) is 19.0 Å². The highest BCUT2D eigenvalue weighted by Crippen LogP contribution is 2.14. The number of nitrogens with one attached hydrogen (secondary N) is 1. The van der Waals surface area contributed by atoms with Crippen LogP contribution in [0.5, 0.6) is 0 Å². The Bertz CT molecular complexity index is 586. The Morgan fingerprint density at radius 2 is 1.90 bits per heavy atom. The van der Waals surface area contributed by atoms with Crippen molar-refractivity contribution >= 4 is 17.3 Å². The van der Waals surface area contributed by atoms with Gasteiger partial charge in [0.1, 0.15) is 5.82 Å². The summed E-state index contributed by atoms with van der Waals surface area (Å²) in [6.07, 6.45) is 0.360. The van der Waals surface area contributed by atoms with E-state index in [0.717, 1.165) is 5.69 Å². The van der Waals surface area contributed by atoms with Gasteiger partial charge in [-0.25, -0.2) is 4.39 Å². The van der Waals surface area contributed by atoms with E-state index >= 15 is 0 Å². The van der Waals surface area contributed by atoms with E-state index in [9.17, 15) is 9.18 Å². The summed E-state index contributed by atoms with van der Waals surface area (Å²) in [4.78, 5) is 14.0. The van der Waals surface area contributed by atoms with Crippen LogP contribution in [0.3, 0.4) is 0 Å². The monoisotopic (exact) mass is 286 g/mol. The van der Waals surface area contributed by atoms with Crippen molar-refractivity contribution in [1.82, 2.24) is 0 Å². The van der Waals surface area contributed by atoms with E-state index in [1.165, 1.54) is 12.1 Å². The van der Waals surface area contributed by atoms with E-state index in [2.05, 4.69) is 5.32 Å². The Labute approximate surface area is 124 Å². The molecule has 2 aromatic carbocycles. The van der Waals surface area contributed by atoms with Gasteiger partial charge >= 0.3 is 0 Å². The fraction of sp³-hybridized carbons (Fsp3) is 0.235. The molecule has 0 saturated carbocycles. The molecule has 0 aliphatic rings. The van der Waals surface area contributed by atoms with Crippen molar-refractivity contribution in [3.8, 4) is 0 Å². The Balaban J connectivity index is 1.89. The Hall–Kier alpha value is -2.36. The minimum absolute atomic E-state index is 0.0487. The van der Waals surface area contributed by atoms with Crippen molar-refractivity contribution in [2.45, 2.75) is 13.3 Å². The van der Waals surface area contributed by atoms with Gasteiger partial charge in [0.05, 0.1) is 0 Å². The molecule has 4 heteroatoms. The highest BCUT2D eigenvalue weighted by molar-refractivity contribution is 5.93. The van der Waals surface area contributed by atoms with Crippen LogP contribution in [0.4, 0.5) is 15.8 Å². The van der Waals surface area contributed by atoms with Gasteiger partial charge < -0.3 is 10.2 Å². The predicted octanol–water partition coefficient (Wildman–Crippen LogP) is 3.68. The molecule has 0 radical (unpaired) electrons. The van der Waals surface area contributed by atoms with Gasteiger partial charge in [-0.1, -0.05) is 24.3 Å². The second-order valence-corrected chi connectivity index (χ2v) is 4.66. The smallest absolute Gasteiger partial charge is 0.228 e. The first-order valence-corrected chi connectivity index (χ1v) is 7.05. The number of halogens is 1. The zero-order valence-electron chi connectivity index (χ0n) is 12.1. The lowest BCUT2D eigenvalue weighted by Gasteiger charge is -2.21. The standard InChI is InChI=1S/C17H19FN2O/c1-2-20(16-9-4-3-5-10-16)17(21)11-12-19-15-8-6-7-14(18)13-15/h3-10,13,19H,2,11-12H2,1H3. The predicted molar refractivity (Wildman–Crippen MR) is 84.0 cm³/mol. The molecule has 0 fully saturated rings. The van der Waals surface area contributed by atoms with Gasteiger partial charge in [-0.3, -0.25) is 4.79 Å². The summed E-state index contributed by atoms with van der Waals surface area (Å²) >= 11 is 0. The molecule has 0 atom stereocenters. The first-order chi connectivity index (χ1) is 10.2. The fourth-order valence-electron chi connectivity index (χ4n) is 2.16. The second-order valence-electron chi connectivity index (χ2n) is 4.66. The van der Waals surface area contributed by atoms with Crippen molar-refractivity contribution < 1.29 is 9.18 Å². The maximum absolute atomic E-state index is 13.0. The third-order valence-corrected chi connectivity index (χ3v) is 3.18. The summed E-state index contributed by atoms with van der Waals surface area (Å²) in [7, 11) is 0. The number of hydrogen-bond acceptors (Lipinski definition) is 2. The Morgan fingerprint density at radius 1 is 1.14 bits per heavy atom. The molecule has 110 valence electrons. The first kappa shape index (κ1) is 15.0. The lowest BCUT2D eigenvalue weighted by molar-refractivity contribution is -0.118. The highest BCUT2D eigenvalue weighted by atomic mass is 19.1. The van der Waals surface area contributed by atoms with E-state index in [4.69, 9.17) is 0 Å². The summed E-state index contributed by atoms with van der Waals surface area (Å²) in [6.45, 7) is 3.05. The fourth-order valence-corrected chi connectivity index (χ4v) is 2.16. The van der Waals surface area contributed by atoms with E-state index in [-0.39, 0.29) is 11.7 Å². The van der Waals surface area contributed by atoms with Gasteiger partial charge in [-0.05, 0) is 37.3 Å². The molecule has 0 aliphatic heterocycles. The number of carbonyl (C=O) groups excluding carboxylic acids is 1. The first-order valence-electron chi connectivity index (χ1n) is 7.05. The molecule has 3 nitrogen and oxygen atoms in total. The van der Waals surface area contributed by atoms with Gasteiger partial charge in [0.25, 0.3) is 0 Å². The number of rotatable bonds is 6. The molecule has 0 bridgehead atoms. The molecule has 0 aliphatic carbocycles. The minimum Gasteiger partial charge on any atom is -0.384 e. The maximum atomic E-state index is 13.0. The lowest BCUT2D eigenvalue weighted by atomic mass is 10.2. The number of anilines is 2. The van der Waals surface area contributed by atoms with Crippen molar-refractivity contribution in [2.75, 3.05) is 23.3 Å². The van der Waals surface area contributed by atoms with Crippen LogP contribution in [0.25, 0.3) is 0 Å². The largest absolute Gasteiger partial charge is 0.384 e. The zero-order chi connectivity index (χ0) is 15.1. The highest BCUT2D eigenvalue weighted by Gasteiger charge is 2.12. The third-order valence-electron chi connectivity index (χ3n) is 3.18. The van der Waals surface area contributed by atoms with Crippen LogP contribution in [0.15, 0.2) is 54.6 Å². The van der Waals surface area contributed by atoms with Crippen LogP contribution >= 0.6 is 0 Å². The molecule has 2 rings (SSSR count). The maximum Gasteiger partial charge on any atom is 0.228 e. The molecule has 2 aromatic rings. The zero-order valence-corrected chi connectivity index (χ0v) is 12.1. The summed E-state index contributed by atoms with van der Waals surface area (Å²) in [5, 5.41) is 3.06. The van der Waals surface area contributed by atoms with Crippen LogP contribution in [0.1, 0.15) is 13.3 Å². The number of benzene rings is 2. The van der Waals surface area contributed by atoms with Gasteiger partial charge in [0, 0.05) is 30.9 Å². The average molecular weight is 286 g/mol. The second kappa shape index (κ2) is 7.43. The van der Waals surface area contributed by atoms with Crippen molar-refractivity contribution in [2.24, 2.45) is 0 Å². The number of nitrogens with zero attached hydrogens (tertiary/aromatic N) is 1. The number of amides is 1. The molecular weight excluding hydrogens is 267 g/mol. The Kier molecular flexibility index (Phi) is 5.32. The quantitative estimate of drug-likeness (QED) is 0.878. The van der Waals surface area contributed by atoms with Gasteiger partial charge in [0.2, 0.25) is 5.91 Å². The van der Waals surface area contributed by atoms with Gasteiger partial charge in [0.15, 0.2) is 0 Å². The summed E-state index contributed by atoms with van der Waals surface area (Å²) < 4.78 is 13.0. The molecule has 0 heterocycles. The summed E-state index contributed by atoms with van der Waals surface area (Å²) in [5.74, 6) is -0.238.